The number of aryl methyl sites for hydroxylation is 1. The minimum absolute atomic E-state index is 0.0638. The number of urea groups is 1. The van der Waals surface area contributed by atoms with E-state index in [9.17, 15) is 23.9 Å². The highest BCUT2D eigenvalue weighted by molar-refractivity contribution is 8.01. The number of carbonyl (C=O) groups excluding carboxylic acids is 2. The van der Waals surface area contributed by atoms with Crippen LogP contribution in [0.5, 0.6) is 0 Å². The molecule has 1 fully saturated rings. The molecule has 0 aliphatic carbocycles. The van der Waals surface area contributed by atoms with Gasteiger partial charge in [0.15, 0.2) is 0 Å². The first-order valence-corrected chi connectivity index (χ1v) is 11.4. The number of rotatable bonds is 7. The molecule has 1 aromatic carbocycles. The number of benzene rings is 1. The van der Waals surface area contributed by atoms with E-state index in [1.54, 1.807) is 19.2 Å². The number of tetrazole rings is 1. The standard InChI is InChI=1S/C18H18FN7O4S2/c1-25-18(22-23-24-25)32-8-10-7-31-15-12(14(27)26(15)13(10)16(28)29)21-17(30)20-6-9-2-4-11(19)5-3-9/h2-5,12,15H,6-8H2,1H3,(H,28,29)(H2,20,21,30)/t12?,15-/m1/s1. The summed E-state index contributed by atoms with van der Waals surface area (Å²) >= 11 is 2.66. The van der Waals surface area contributed by atoms with Crippen molar-refractivity contribution in [2.24, 2.45) is 7.05 Å². The summed E-state index contributed by atoms with van der Waals surface area (Å²) < 4.78 is 14.4. The number of carboxylic acid groups (broad SMARTS) is 1. The molecule has 2 aliphatic rings. The first kappa shape index (κ1) is 22.1. The van der Waals surface area contributed by atoms with Crippen LogP contribution >= 0.6 is 23.5 Å². The Labute approximate surface area is 189 Å². The highest BCUT2D eigenvalue weighted by atomic mass is 32.2. The molecule has 2 aromatic rings. The zero-order valence-corrected chi connectivity index (χ0v) is 18.3. The number of aliphatic carboxylic acids is 1. The zero-order valence-electron chi connectivity index (χ0n) is 16.7. The molecule has 2 atom stereocenters. The largest absolute Gasteiger partial charge is 0.477 e. The summed E-state index contributed by atoms with van der Waals surface area (Å²) in [6.45, 7) is 0.160. The minimum Gasteiger partial charge on any atom is -0.477 e. The van der Waals surface area contributed by atoms with Crippen LogP contribution in [0.25, 0.3) is 0 Å². The lowest BCUT2D eigenvalue weighted by Crippen LogP contribution is -2.71. The molecule has 168 valence electrons. The number of hydrogen-bond donors (Lipinski definition) is 3. The second-order valence-electron chi connectivity index (χ2n) is 6.97. The molecule has 3 heterocycles. The number of carboxylic acids is 1. The van der Waals surface area contributed by atoms with Gasteiger partial charge in [0.05, 0.1) is 0 Å². The van der Waals surface area contributed by atoms with Crippen LogP contribution in [-0.2, 0) is 23.2 Å². The topological polar surface area (TPSA) is 142 Å². The first-order chi connectivity index (χ1) is 15.3. The Balaban J connectivity index is 1.38. The number of halogens is 1. The number of aromatic nitrogens is 4. The fourth-order valence-corrected chi connectivity index (χ4v) is 5.60. The van der Waals surface area contributed by atoms with Crippen molar-refractivity contribution in [3.8, 4) is 0 Å². The van der Waals surface area contributed by atoms with Crippen LogP contribution in [0.2, 0.25) is 0 Å². The molecule has 1 aromatic heterocycles. The maximum Gasteiger partial charge on any atom is 0.352 e. The van der Waals surface area contributed by atoms with E-state index in [-0.39, 0.29) is 18.1 Å². The van der Waals surface area contributed by atoms with Crippen molar-refractivity contribution in [1.29, 1.82) is 0 Å². The number of fused-ring (bicyclic) bond motifs is 1. The summed E-state index contributed by atoms with van der Waals surface area (Å²) in [6.07, 6.45) is 0. The van der Waals surface area contributed by atoms with E-state index in [2.05, 4.69) is 26.2 Å². The van der Waals surface area contributed by atoms with Gasteiger partial charge in [-0.1, -0.05) is 23.9 Å². The van der Waals surface area contributed by atoms with Crippen LogP contribution in [0, 0.1) is 5.82 Å². The van der Waals surface area contributed by atoms with Gasteiger partial charge < -0.3 is 15.7 Å². The smallest absolute Gasteiger partial charge is 0.352 e. The molecule has 1 unspecified atom stereocenters. The Morgan fingerprint density at radius 1 is 1.34 bits per heavy atom. The van der Waals surface area contributed by atoms with Gasteiger partial charge >= 0.3 is 12.0 Å². The molecule has 2 aliphatic heterocycles. The predicted molar refractivity (Wildman–Crippen MR) is 113 cm³/mol. The van der Waals surface area contributed by atoms with Gasteiger partial charge in [0, 0.05) is 25.1 Å². The molecule has 3 N–H and O–H groups in total. The summed E-state index contributed by atoms with van der Waals surface area (Å²) in [5, 5.41) is 26.1. The Morgan fingerprint density at radius 3 is 2.75 bits per heavy atom. The van der Waals surface area contributed by atoms with E-state index in [4.69, 9.17) is 0 Å². The second-order valence-corrected chi connectivity index (χ2v) is 9.02. The fourth-order valence-electron chi connectivity index (χ4n) is 3.27. The summed E-state index contributed by atoms with van der Waals surface area (Å²) in [5.74, 6) is -1.35. The molecule has 14 heteroatoms. The van der Waals surface area contributed by atoms with E-state index in [0.29, 0.717) is 27.8 Å². The predicted octanol–water partition coefficient (Wildman–Crippen LogP) is 0.563. The molecule has 3 amide bonds. The molecule has 1 saturated heterocycles. The van der Waals surface area contributed by atoms with Crippen molar-refractivity contribution < 1.29 is 23.9 Å². The Hall–Kier alpha value is -3.13. The zero-order chi connectivity index (χ0) is 22.8. The number of nitrogens with zero attached hydrogens (tertiary/aromatic N) is 5. The van der Waals surface area contributed by atoms with E-state index in [1.165, 1.54) is 45.2 Å². The number of amides is 3. The van der Waals surface area contributed by atoms with Crippen molar-refractivity contribution in [2.75, 3.05) is 11.5 Å². The summed E-state index contributed by atoms with van der Waals surface area (Å²) in [7, 11) is 1.68. The average molecular weight is 480 g/mol. The van der Waals surface area contributed by atoms with Gasteiger partial charge in [-0.05, 0) is 33.7 Å². The summed E-state index contributed by atoms with van der Waals surface area (Å²) in [6, 6.07) is 4.27. The molecule has 0 radical (unpaired) electrons. The van der Waals surface area contributed by atoms with E-state index in [1.807, 2.05) is 0 Å². The van der Waals surface area contributed by atoms with Crippen LogP contribution in [0.3, 0.4) is 0 Å². The lowest BCUT2D eigenvalue weighted by molar-refractivity contribution is -0.148. The normalized spacial score (nSPS) is 19.9. The number of thioether (sulfide) groups is 2. The van der Waals surface area contributed by atoms with E-state index >= 15 is 0 Å². The first-order valence-electron chi connectivity index (χ1n) is 9.39. The molecule has 0 spiro atoms. The monoisotopic (exact) mass is 479 g/mol. The second kappa shape index (κ2) is 9.16. The minimum atomic E-state index is -1.20. The third-order valence-electron chi connectivity index (χ3n) is 4.86. The maximum absolute atomic E-state index is 13.0. The van der Waals surface area contributed by atoms with Gasteiger partial charge in [0.1, 0.15) is 22.9 Å². The maximum atomic E-state index is 13.0. The van der Waals surface area contributed by atoms with Crippen LogP contribution < -0.4 is 10.6 Å². The number of nitrogens with one attached hydrogen (secondary N) is 2. The third-order valence-corrected chi connectivity index (χ3v) is 7.30. The molecular formula is C18H18FN7O4S2. The number of carbonyl (C=O) groups is 3. The third kappa shape index (κ3) is 4.41. The molecule has 11 nitrogen and oxygen atoms in total. The lowest BCUT2D eigenvalue weighted by Gasteiger charge is -2.49. The molecular weight excluding hydrogens is 461 g/mol. The van der Waals surface area contributed by atoms with Gasteiger partial charge in [-0.2, -0.15) is 0 Å². The van der Waals surface area contributed by atoms with Crippen LogP contribution in [0.15, 0.2) is 40.7 Å². The van der Waals surface area contributed by atoms with Crippen LogP contribution in [-0.4, -0.2) is 71.0 Å². The van der Waals surface area contributed by atoms with Gasteiger partial charge in [-0.3, -0.25) is 9.69 Å². The highest BCUT2D eigenvalue weighted by Gasteiger charge is 2.54. The van der Waals surface area contributed by atoms with Gasteiger partial charge in [0.25, 0.3) is 5.91 Å². The van der Waals surface area contributed by atoms with Crippen molar-refractivity contribution >= 4 is 41.4 Å². The number of β-lactam (4-membered cyclic amide) rings is 1. The number of hydrogen-bond acceptors (Lipinski definition) is 8. The van der Waals surface area contributed by atoms with Gasteiger partial charge in [-0.15, -0.1) is 16.9 Å². The SMILES string of the molecule is Cn1nnnc1SCC1=C(C(=O)O)N2C(=O)C(NC(=O)NCc3ccc(F)cc3)[C@H]2SC1. The Morgan fingerprint density at radius 2 is 2.09 bits per heavy atom. The molecule has 32 heavy (non-hydrogen) atoms. The molecule has 0 saturated carbocycles. The Kier molecular flexibility index (Phi) is 6.32. The highest BCUT2D eigenvalue weighted by Crippen LogP contribution is 2.41. The van der Waals surface area contributed by atoms with E-state index < -0.39 is 29.3 Å². The fraction of sp³-hybridized carbons (Fsp3) is 0.333. The summed E-state index contributed by atoms with van der Waals surface area (Å²) in [5.41, 5.74) is 1.22. The summed E-state index contributed by atoms with van der Waals surface area (Å²) in [4.78, 5) is 38.0. The van der Waals surface area contributed by atoms with Crippen molar-refractivity contribution in [3.63, 3.8) is 0 Å². The van der Waals surface area contributed by atoms with Crippen molar-refractivity contribution in [1.82, 2.24) is 35.7 Å². The average Bonchev–Trinajstić information content (AvgIpc) is 3.19. The van der Waals surface area contributed by atoms with E-state index in [0.717, 1.165) is 0 Å². The van der Waals surface area contributed by atoms with Crippen molar-refractivity contribution in [2.45, 2.75) is 23.1 Å². The Bertz CT molecular complexity index is 1090. The molecule has 4 rings (SSSR count). The van der Waals surface area contributed by atoms with Gasteiger partial charge in [-0.25, -0.2) is 18.7 Å². The molecule has 0 bridgehead atoms. The van der Waals surface area contributed by atoms with Gasteiger partial charge in [0.2, 0.25) is 5.16 Å². The van der Waals surface area contributed by atoms with Crippen molar-refractivity contribution in [3.05, 3.63) is 46.9 Å². The lowest BCUT2D eigenvalue weighted by atomic mass is 10.0. The van der Waals surface area contributed by atoms with Crippen LogP contribution in [0.4, 0.5) is 9.18 Å². The van der Waals surface area contributed by atoms with Crippen LogP contribution in [0.1, 0.15) is 5.56 Å². The quantitative estimate of drug-likeness (QED) is 0.383.